The largest absolute Gasteiger partial charge is 0.444 e. The first-order chi connectivity index (χ1) is 9.87. The minimum absolute atomic E-state index is 0.0503. The monoisotopic (exact) mass is 295 g/mol. The number of ether oxygens (including phenoxy) is 1. The van der Waals surface area contributed by atoms with Gasteiger partial charge in [-0.15, -0.1) is 0 Å². The van der Waals surface area contributed by atoms with Gasteiger partial charge in [-0.2, -0.15) is 0 Å². The van der Waals surface area contributed by atoms with E-state index in [-0.39, 0.29) is 18.1 Å². The number of amides is 1. The molecule has 1 saturated heterocycles. The molecule has 0 aromatic heterocycles. The van der Waals surface area contributed by atoms with E-state index in [9.17, 15) is 9.59 Å². The van der Waals surface area contributed by atoms with E-state index in [4.69, 9.17) is 4.74 Å². The van der Waals surface area contributed by atoms with Crippen LogP contribution in [0.3, 0.4) is 0 Å². The minimum atomic E-state index is -0.475. The third kappa shape index (κ3) is 4.72. The van der Waals surface area contributed by atoms with Crippen molar-refractivity contribution in [3.05, 3.63) is 0 Å². The van der Waals surface area contributed by atoms with Crippen LogP contribution in [-0.4, -0.2) is 35.0 Å². The SMILES string of the molecule is CC(C)(C)OC(=O)N1CCCC1CC(=O)C1CCCCC1. The summed E-state index contributed by atoms with van der Waals surface area (Å²) in [5, 5.41) is 0. The summed E-state index contributed by atoms with van der Waals surface area (Å²) < 4.78 is 5.45. The van der Waals surface area contributed by atoms with Gasteiger partial charge in [0.2, 0.25) is 0 Å². The van der Waals surface area contributed by atoms with Crippen molar-refractivity contribution < 1.29 is 14.3 Å². The summed E-state index contributed by atoms with van der Waals surface area (Å²) in [6, 6.07) is 0.0503. The van der Waals surface area contributed by atoms with E-state index in [1.807, 2.05) is 20.8 Å². The zero-order chi connectivity index (χ0) is 15.5. The molecule has 0 aromatic rings. The number of nitrogens with zero attached hydrogens (tertiary/aromatic N) is 1. The summed E-state index contributed by atoms with van der Waals surface area (Å²) in [6.07, 6.45) is 7.85. The van der Waals surface area contributed by atoms with Crippen molar-refractivity contribution in [2.45, 2.75) is 83.8 Å². The van der Waals surface area contributed by atoms with Gasteiger partial charge in [0.15, 0.2) is 0 Å². The van der Waals surface area contributed by atoms with Crippen LogP contribution in [0.15, 0.2) is 0 Å². The Bertz CT molecular complexity index is 380. The second kappa shape index (κ2) is 6.80. The van der Waals surface area contributed by atoms with Crippen LogP contribution in [0.1, 0.15) is 72.1 Å². The van der Waals surface area contributed by atoms with Crippen molar-refractivity contribution in [2.75, 3.05) is 6.54 Å². The van der Waals surface area contributed by atoms with E-state index in [2.05, 4.69) is 0 Å². The highest BCUT2D eigenvalue weighted by molar-refractivity contribution is 5.82. The van der Waals surface area contributed by atoms with E-state index in [1.165, 1.54) is 19.3 Å². The normalized spacial score (nSPS) is 24.1. The maximum absolute atomic E-state index is 12.4. The van der Waals surface area contributed by atoms with Gasteiger partial charge in [0.05, 0.1) is 0 Å². The van der Waals surface area contributed by atoms with Gasteiger partial charge in [0.1, 0.15) is 11.4 Å². The fourth-order valence-electron chi connectivity index (χ4n) is 3.43. The van der Waals surface area contributed by atoms with Crippen LogP contribution in [0.5, 0.6) is 0 Å². The molecule has 120 valence electrons. The Morgan fingerprint density at radius 3 is 2.33 bits per heavy atom. The van der Waals surface area contributed by atoms with Crippen LogP contribution in [0.2, 0.25) is 0 Å². The third-order valence-electron chi connectivity index (χ3n) is 4.50. The molecule has 0 spiro atoms. The Morgan fingerprint density at radius 2 is 1.71 bits per heavy atom. The molecule has 1 amide bonds. The van der Waals surface area contributed by atoms with Crippen LogP contribution >= 0.6 is 0 Å². The van der Waals surface area contributed by atoms with Crippen LogP contribution < -0.4 is 0 Å². The summed E-state index contributed by atoms with van der Waals surface area (Å²) in [5.74, 6) is 0.593. The van der Waals surface area contributed by atoms with Gasteiger partial charge < -0.3 is 9.64 Å². The van der Waals surface area contributed by atoms with Crippen LogP contribution in [-0.2, 0) is 9.53 Å². The summed E-state index contributed by atoms with van der Waals surface area (Å²) in [5.41, 5.74) is -0.475. The summed E-state index contributed by atoms with van der Waals surface area (Å²) >= 11 is 0. The van der Waals surface area contributed by atoms with Gasteiger partial charge in [-0.1, -0.05) is 19.3 Å². The molecule has 0 aromatic carbocycles. The Morgan fingerprint density at radius 1 is 1.05 bits per heavy atom. The smallest absolute Gasteiger partial charge is 0.410 e. The standard InChI is InChI=1S/C17H29NO3/c1-17(2,3)21-16(20)18-11-7-10-14(18)12-15(19)13-8-5-4-6-9-13/h13-14H,4-12H2,1-3H3. The number of carbonyl (C=O) groups excluding carboxylic acids is 2. The van der Waals surface area contributed by atoms with Crippen LogP contribution in [0, 0.1) is 5.92 Å². The predicted molar refractivity (Wildman–Crippen MR) is 82.2 cm³/mol. The van der Waals surface area contributed by atoms with Crippen molar-refractivity contribution in [3.63, 3.8) is 0 Å². The van der Waals surface area contributed by atoms with Crippen molar-refractivity contribution in [1.82, 2.24) is 4.90 Å². The van der Waals surface area contributed by atoms with E-state index in [1.54, 1.807) is 4.90 Å². The van der Waals surface area contributed by atoms with Crippen molar-refractivity contribution >= 4 is 11.9 Å². The highest BCUT2D eigenvalue weighted by Gasteiger charge is 2.34. The van der Waals surface area contributed by atoms with Gasteiger partial charge in [0.25, 0.3) is 0 Å². The van der Waals surface area contributed by atoms with Crippen LogP contribution in [0.25, 0.3) is 0 Å². The van der Waals surface area contributed by atoms with E-state index in [0.29, 0.717) is 12.2 Å². The van der Waals surface area contributed by atoms with E-state index >= 15 is 0 Å². The van der Waals surface area contributed by atoms with Crippen molar-refractivity contribution in [1.29, 1.82) is 0 Å². The van der Waals surface area contributed by atoms with Gasteiger partial charge in [0, 0.05) is 24.9 Å². The lowest BCUT2D eigenvalue weighted by Crippen LogP contribution is -2.41. The molecule has 0 bridgehead atoms. The number of hydrogen-bond donors (Lipinski definition) is 0. The Labute approximate surface area is 128 Å². The van der Waals surface area contributed by atoms with Gasteiger partial charge in [-0.05, 0) is 46.5 Å². The number of carbonyl (C=O) groups is 2. The molecule has 4 heteroatoms. The van der Waals surface area contributed by atoms with E-state index < -0.39 is 5.60 Å². The second-order valence-electron chi connectivity index (χ2n) is 7.48. The van der Waals surface area contributed by atoms with Gasteiger partial charge in [-0.25, -0.2) is 4.79 Å². The fourth-order valence-corrected chi connectivity index (χ4v) is 3.43. The Balaban J connectivity index is 1.89. The Kier molecular flexibility index (Phi) is 5.28. The molecule has 2 aliphatic rings. The molecule has 4 nitrogen and oxygen atoms in total. The molecule has 0 N–H and O–H groups in total. The number of ketones is 1. The summed E-state index contributed by atoms with van der Waals surface area (Å²) in [6.45, 7) is 6.35. The van der Waals surface area contributed by atoms with Crippen molar-refractivity contribution in [3.8, 4) is 0 Å². The second-order valence-corrected chi connectivity index (χ2v) is 7.48. The molecule has 21 heavy (non-hydrogen) atoms. The highest BCUT2D eigenvalue weighted by Crippen LogP contribution is 2.29. The molecule has 1 heterocycles. The molecule has 0 radical (unpaired) electrons. The molecule has 1 atom stereocenters. The molecule has 2 fully saturated rings. The van der Waals surface area contributed by atoms with Crippen molar-refractivity contribution in [2.24, 2.45) is 5.92 Å². The quantitative estimate of drug-likeness (QED) is 0.792. The molecule has 1 saturated carbocycles. The zero-order valence-corrected chi connectivity index (χ0v) is 13.7. The Hall–Kier alpha value is -1.06. The first-order valence-corrected chi connectivity index (χ1v) is 8.39. The lowest BCUT2D eigenvalue weighted by molar-refractivity contribution is -0.124. The molecule has 1 unspecified atom stereocenters. The van der Waals surface area contributed by atoms with E-state index in [0.717, 1.165) is 32.2 Å². The summed E-state index contributed by atoms with van der Waals surface area (Å²) in [4.78, 5) is 26.4. The highest BCUT2D eigenvalue weighted by atomic mass is 16.6. The summed E-state index contributed by atoms with van der Waals surface area (Å²) in [7, 11) is 0. The molecule has 1 aliphatic carbocycles. The lowest BCUT2D eigenvalue weighted by Gasteiger charge is -2.29. The molecular formula is C17H29NO3. The fraction of sp³-hybridized carbons (Fsp3) is 0.882. The average molecular weight is 295 g/mol. The molecular weight excluding hydrogens is 266 g/mol. The average Bonchev–Trinajstić information content (AvgIpc) is 2.86. The predicted octanol–water partition coefficient (Wildman–Crippen LogP) is 3.93. The topological polar surface area (TPSA) is 46.6 Å². The lowest BCUT2D eigenvalue weighted by atomic mass is 9.84. The zero-order valence-electron chi connectivity index (χ0n) is 13.7. The molecule has 1 aliphatic heterocycles. The van der Waals surface area contributed by atoms with Gasteiger partial charge in [-0.3, -0.25) is 4.79 Å². The number of likely N-dealkylation sites (tertiary alicyclic amines) is 1. The number of hydrogen-bond acceptors (Lipinski definition) is 3. The third-order valence-corrected chi connectivity index (χ3v) is 4.50. The van der Waals surface area contributed by atoms with Crippen LogP contribution in [0.4, 0.5) is 4.79 Å². The van der Waals surface area contributed by atoms with Gasteiger partial charge >= 0.3 is 6.09 Å². The maximum Gasteiger partial charge on any atom is 0.410 e. The first kappa shape index (κ1) is 16.3. The minimum Gasteiger partial charge on any atom is -0.444 e. The number of rotatable bonds is 3. The molecule has 2 rings (SSSR count). The first-order valence-electron chi connectivity index (χ1n) is 8.39. The maximum atomic E-state index is 12.4. The number of Topliss-reactive ketones (excluding diaryl/α,β-unsaturated/α-hetero) is 1.